The van der Waals surface area contributed by atoms with E-state index in [4.69, 9.17) is 9.15 Å². The quantitative estimate of drug-likeness (QED) is 0.849. The molecule has 0 atom stereocenters. The van der Waals surface area contributed by atoms with Crippen molar-refractivity contribution in [3.05, 3.63) is 53.5 Å². The number of methoxy groups -OCH3 is 1. The molecule has 0 radical (unpaired) electrons. The monoisotopic (exact) mass is 328 g/mol. The van der Waals surface area contributed by atoms with Crippen LogP contribution in [0.4, 0.5) is 0 Å². The first kappa shape index (κ1) is 16.6. The zero-order chi connectivity index (χ0) is 16.8. The van der Waals surface area contributed by atoms with Crippen molar-refractivity contribution in [2.75, 3.05) is 26.7 Å². The SMILES string of the molecule is COc1ccc(CCNC(=O)c2ccc(CN3CCCC3)o2)cc1. The van der Waals surface area contributed by atoms with Crippen molar-refractivity contribution in [1.29, 1.82) is 0 Å². The molecule has 1 aliphatic rings. The second-order valence-corrected chi connectivity index (χ2v) is 6.10. The summed E-state index contributed by atoms with van der Waals surface area (Å²) in [6.45, 7) is 3.60. The Bertz CT molecular complexity index is 658. The van der Waals surface area contributed by atoms with Gasteiger partial charge >= 0.3 is 0 Å². The number of hydrogen-bond acceptors (Lipinski definition) is 4. The summed E-state index contributed by atoms with van der Waals surface area (Å²) in [4.78, 5) is 14.5. The van der Waals surface area contributed by atoms with Crippen LogP contribution in [0.5, 0.6) is 5.75 Å². The van der Waals surface area contributed by atoms with Crippen molar-refractivity contribution < 1.29 is 13.9 Å². The summed E-state index contributed by atoms with van der Waals surface area (Å²) >= 11 is 0. The predicted molar refractivity (Wildman–Crippen MR) is 92.3 cm³/mol. The van der Waals surface area contributed by atoms with Gasteiger partial charge in [0.15, 0.2) is 5.76 Å². The largest absolute Gasteiger partial charge is 0.497 e. The van der Waals surface area contributed by atoms with Gasteiger partial charge in [-0.3, -0.25) is 9.69 Å². The van der Waals surface area contributed by atoms with E-state index in [0.717, 1.165) is 43.1 Å². The number of amides is 1. The summed E-state index contributed by atoms with van der Waals surface area (Å²) in [5, 5.41) is 2.91. The van der Waals surface area contributed by atoms with E-state index in [9.17, 15) is 4.79 Å². The molecule has 1 aromatic carbocycles. The average Bonchev–Trinajstić information content (AvgIpc) is 3.28. The number of benzene rings is 1. The molecule has 3 rings (SSSR count). The second kappa shape index (κ2) is 8.02. The Morgan fingerprint density at radius 1 is 1.17 bits per heavy atom. The van der Waals surface area contributed by atoms with Gasteiger partial charge in [0.1, 0.15) is 11.5 Å². The molecule has 0 bridgehead atoms. The molecule has 0 saturated carbocycles. The van der Waals surface area contributed by atoms with Gasteiger partial charge in [-0.15, -0.1) is 0 Å². The van der Waals surface area contributed by atoms with Gasteiger partial charge in [-0.25, -0.2) is 0 Å². The molecule has 1 N–H and O–H groups in total. The van der Waals surface area contributed by atoms with Crippen LogP contribution >= 0.6 is 0 Å². The Kier molecular flexibility index (Phi) is 5.54. The summed E-state index contributed by atoms with van der Waals surface area (Å²) in [6.07, 6.45) is 3.27. The summed E-state index contributed by atoms with van der Waals surface area (Å²) in [7, 11) is 1.65. The number of ether oxygens (including phenoxy) is 1. The number of carbonyl (C=O) groups excluding carboxylic acids is 1. The van der Waals surface area contributed by atoms with Gasteiger partial charge in [-0.05, 0) is 62.2 Å². The van der Waals surface area contributed by atoms with E-state index in [1.165, 1.54) is 12.8 Å². The first-order valence-corrected chi connectivity index (χ1v) is 8.47. The van der Waals surface area contributed by atoms with E-state index in [2.05, 4.69) is 10.2 Å². The molecule has 2 heterocycles. The number of furan rings is 1. The summed E-state index contributed by atoms with van der Waals surface area (Å²) in [6, 6.07) is 11.5. The molecule has 0 unspecified atom stereocenters. The summed E-state index contributed by atoms with van der Waals surface area (Å²) < 4.78 is 10.8. The van der Waals surface area contributed by atoms with E-state index in [1.807, 2.05) is 30.3 Å². The van der Waals surface area contributed by atoms with Gasteiger partial charge in [0.25, 0.3) is 5.91 Å². The lowest BCUT2D eigenvalue weighted by molar-refractivity contribution is 0.0923. The fourth-order valence-electron chi connectivity index (χ4n) is 2.95. The lowest BCUT2D eigenvalue weighted by Crippen LogP contribution is -2.25. The first-order chi connectivity index (χ1) is 11.7. The Hall–Kier alpha value is -2.27. The third kappa shape index (κ3) is 4.38. The van der Waals surface area contributed by atoms with E-state index in [0.29, 0.717) is 12.3 Å². The van der Waals surface area contributed by atoms with Crippen molar-refractivity contribution in [1.82, 2.24) is 10.2 Å². The van der Waals surface area contributed by atoms with Crippen molar-refractivity contribution in [3.8, 4) is 5.75 Å². The third-order valence-electron chi connectivity index (χ3n) is 4.32. The molecular weight excluding hydrogens is 304 g/mol. The maximum atomic E-state index is 12.1. The fraction of sp³-hybridized carbons (Fsp3) is 0.421. The number of likely N-dealkylation sites (tertiary alicyclic amines) is 1. The third-order valence-corrected chi connectivity index (χ3v) is 4.32. The molecule has 0 spiro atoms. The van der Waals surface area contributed by atoms with Gasteiger partial charge in [-0.1, -0.05) is 12.1 Å². The van der Waals surface area contributed by atoms with Crippen molar-refractivity contribution in [2.45, 2.75) is 25.8 Å². The van der Waals surface area contributed by atoms with E-state index < -0.39 is 0 Å². The highest BCUT2D eigenvalue weighted by molar-refractivity contribution is 5.91. The highest BCUT2D eigenvalue weighted by atomic mass is 16.5. The highest BCUT2D eigenvalue weighted by Crippen LogP contribution is 2.15. The summed E-state index contributed by atoms with van der Waals surface area (Å²) in [5.74, 6) is 1.93. The molecular formula is C19H24N2O3. The van der Waals surface area contributed by atoms with Crippen LogP contribution < -0.4 is 10.1 Å². The minimum Gasteiger partial charge on any atom is -0.497 e. The van der Waals surface area contributed by atoms with Crippen LogP contribution in [-0.2, 0) is 13.0 Å². The second-order valence-electron chi connectivity index (χ2n) is 6.10. The van der Waals surface area contributed by atoms with Gasteiger partial charge in [-0.2, -0.15) is 0 Å². The predicted octanol–water partition coefficient (Wildman–Crippen LogP) is 2.86. The van der Waals surface area contributed by atoms with Crippen LogP contribution in [-0.4, -0.2) is 37.6 Å². The Labute approximate surface area is 142 Å². The number of hydrogen-bond donors (Lipinski definition) is 1. The van der Waals surface area contributed by atoms with Crippen LogP contribution in [0.25, 0.3) is 0 Å². The average molecular weight is 328 g/mol. The van der Waals surface area contributed by atoms with Gasteiger partial charge in [0.2, 0.25) is 0 Å². The van der Waals surface area contributed by atoms with E-state index in [-0.39, 0.29) is 5.91 Å². The number of nitrogens with zero attached hydrogens (tertiary/aromatic N) is 1. The van der Waals surface area contributed by atoms with Crippen molar-refractivity contribution in [2.24, 2.45) is 0 Å². The van der Waals surface area contributed by atoms with Crippen LogP contribution in [0.1, 0.15) is 34.7 Å². The van der Waals surface area contributed by atoms with Crippen LogP contribution in [0, 0.1) is 0 Å². The van der Waals surface area contributed by atoms with E-state index in [1.54, 1.807) is 13.2 Å². The minimum atomic E-state index is -0.156. The minimum absolute atomic E-state index is 0.156. The zero-order valence-corrected chi connectivity index (χ0v) is 14.1. The molecule has 5 nitrogen and oxygen atoms in total. The lowest BCUT2D eigenvalue weighted by atomic mass is 10.1. The molecule has 1 saturated heterocycles. The van der Waals surface area contributed by atoms with Crippen molar-refractivity contribution in [3.63, 3.8) is 0 Å². The molecule has 128 valence electrons. The van der Waals surface area contributed by atoms with Crippen LogP contribution in [0.3, 0.4) is 0 Å². The van der Waals surface area contributed by atoms with Crippen LogP contribution in [0.15, 0.2) is 40.8 Å². The zero-order valence-electron chi connectivity index (χ0n) is 14.1. The maximum Gasteiger partial charge on any atom is 0.287 e. The van der Waals surface area contributed by atoms with Crippen molar-refractivity contribution >= 4 is 5.91 Å². The highest BCUT2D eigenvalue weighted by Gasteiger charge is 2.15. The molecule has 2 aromatic rings. The molecule has 24 heavy (non-hydrogen) atoms. The van der Waals surface area contributed by atoms with Gasteiger partial charge in [0, 0.05) is 6.54 Å². The Morgan fingerprint density at radius 3 is 2.62 bits per heavy atom. The van der Waals surface area contributed by atoms with Gasteiger partial charge in [0.05, 0.1) is 13.7 Å². The lowest BCUT2D eigenvalue weighted by Gasteiger charge is -2.11. The standard InChI is InChI=1S/C19H24N2O3/c1-23-16-6-4-15(5-7-16)10-11-20-19(22)18-9-8-17(24-18)14-21-12-2-3-13-21/h4-9H,2-3,10-14H2,1H3,(H,20,22). The fourth-order valence-corrected chi connectivity index (χ4v) is 2.95. The molecule has 0 aliphatic carbocycles. The number of rotatable bonds is 7. The van der Waals surface area contributed by atoms with Gasteiger partial charge < -0.3 is 14.5 Å². The maximum absolute atomic E-state index is 12.1. The summed E-state index contributed by atoms with van der Waals surface area (Å²) in [5.41, 5.74) is 1.16. The molecule has 1 aliphatic heterocycles. The van der Waals surface area contributed by atoms with Crippen LogP contribution in [0.2, 0.25) is 0 Å². The molecule has 1 aromatic heterocycles. The van der Waals surface area contributed by atoms with E-state index >= 15 is 0 Å². The topological polar surface area (TPSA) is 54.7 Å². The molecule has 5 heteroatoms. The first-order valence-electron chi connectivity index (χ1n) is 8.47. The Morgan fingerprint density at radius 2 is 1.92 bits per heavy atom. The normalized spacial score (nSPS) is 14.7. The number of carbonyl (C=O) groups is 1. The Balaban J connectivity index is 1.45. The smallest absolute Gasteiger partial charge is 0.287 e. The molecule has 1 amide bonds. The number of nitrogens with one attached hydrogen (secondary N) is 1. The molecule has 1 fully saturated rings.